The Balaban J connectivity index is 2.36. The predicted molar refractivity (Wildman–Crippen MR) is 76.1 cm³/mol. The van der Waals surface area contributed by atoms with Crippen LogP contribution >= 0.6 is 0 Å². The van der Waals surface area contributed by atoms with Crippen LogP contribution in [0.25, 0.3) is 0 Å². The van der Waals surface area contributed by atoms with E-state index in [2.05, 4.69) is 39.9 Å². The van der Waals surface area contributed by atoms with E-state index < -0.39 is 0 Å². The van der Waals surface area contributed by atoms with Gasteiger partial charge in [0, 0.05) is 18.6 Å². The van der Waals surface area contributed by atoms with Crippen LogP contribution in [0.1, 0.15) is 66.7 Å². The monoisotopic (exact) mass is 240 g/mol. The van der Waals surface area contributed by atoms with Gasteiger partial charge in [0.1, 0.15) is 0 Å². The van der Waals surface area contributed by atoms with Gasteiger partial charge in [-0.1, -0.05) is 40.0 Å². The summed E-state index contributed by atoms with van der Waals surface area (Å²) in [5, 5.41) is 3.66. The molecule has 1 saturated carbocycles. The Hall–Kier alpha value is -0.0800. The molecule has 0 spiro atoms. The molecule has 0 saturated heterocycles. The number of hydrogen-bond acceptors (Lipinski definition) is 2. The Labute approximate surface area is 108 Å². The lowest BCUT2D eigenvalue weighted by molar-refractivity contribution is 0.163. The van der Waals surface area contributed by atoms with Crippen molar-refractivity contribution in [2.75, 3.05) is 13.1 Å². The Bertz CT molecular complexity index is 232. The molecule has 0 radical (unpaired) electrons. The molecule has 0 unspecified atom stereocenters. The molecule has 2 heteroatoms. The van der Waals surface area contributed by atoms with Crippen molar-refractivity contribution in [3.8, 4) is 0 Å². The minimum atomic E-state index is -0.131. The third kappa shape index (κ3) is 4.26. The molecule has 0 atom stereocenters. The third-order valence-corrected chi connectivity index (χ3v) is 4.92. The van der Waals surface area contributed by atoms with E-state index in [-0.39, 0.29) is 11.0 Å². The Morgan fingerprint density at radius 2 is 1.59 bits per heavy atom. The smallest absolute Gasteiger partial charge is 0.0161 e. The Morgan fingerprint density at radius 3 is 2.06 bits per heavy atom. The number of nitrogens with one attached hydrogen (secondary N) is 1. The molecule has 0 amide bonds. The molecule has 1 rings (SSSR count). The maximum absolute atomic E-state index is 6.23. The molecule has 0 aromatic carbocycles. The van der Waals surface area contributed by atoms with Crippen molar-refractivity contribution in [1.29, 1.82) is 0 Å². The van der Waals surface area contributed by atoms with Crippen LogP contribution in [-0.2, 0) is 0 Å². The van der Waals surface area contributed by atoms with Gasteiger partial charge in [-0.3, -0.25) is 0 Å². The molecule has 0 bridgehead atoms. The lowest BCUT2D eigenvalue weighted by atomic mass is 9.73. The van der Waals surface area contributed by atoms with E-state index in [1.165, 1.54) is 32.1 Å². The normalized spacial score (nSPS) is 21.5. The molecular formula is C15H32N2. The van der Waals surface area contributed by atoms with E-state index in [0.717, 1.165) is 13.1 Å². The predicted octanol–water partition coefficient (Wildman–Crippen LogP) is 3.31. The molecule has 0 aromatic rings. The zero-order valence-corrected chi connectivity index (χ0v) is 12.5. The van der Waals surface area contributed by atoms with E-state index in [1.54, 1.807) is 0 Å². The fourth-order valence-electron chi connectivity index (χ4n) is 2.49. The average molecular weight is 240 g/mol. The molecule has 102 valence electrons. The molecule has 0 heterocycles. The van der Waals surface area contributed by atoms with Gasteiger partial charge < -0.3 is 11.1 Å². The van der Waals surface area contributed by atoms with Crippen LogP contribution in [0.2, 0.25) is 0 Å². The summed E-state index contributed by atoms with van der Waals surface area (Å²) >= 11 is 0. The fraction of sp³-hybridized carbons (Fsp3) is 1.00. The summed E-state index contributed by atoms with van der Waals surface area (Å²) < 4.78 is 0. The topological polar surface area (TPSA) is 38.0 Å². The quantitative estimate of drug-likeness (QED) is 0.774. The molecule has 1 aliphatic carbocycles. The minimum absolute atomic E-state index is 0.131. The second kappa shape index (κ2) is 5.27. The molecule has 0 aliphatic heterocycles. The van der Waals surface area contributed by atoms with Crippen LogP contribution < -0.4 is 11.1 Å². The van der Waals surface area contributed by atoms with Crippen LogP contribution in [0.4, 0.5) is 0 Å². The van der Waals surface area contributed by atoms with Gasteiger partial charge in [0.25, 0.3) is 0 Å². The number of rotatable bonds is 5. The lowest BCUT2D eigenvalue weighted by Gasteiger charge is -2.40. The summed E-state index contributed by atoms with van der Waals surface area (Å²) in [5.41, 5.74) is 6.75. The van der Waals surface area contributed by atoms with E-state index in [4.69, 9.17) is 5.73 Å². The van der Waals surface area contributed by atoms with Gasteiger partial charge >= 0.3 is 0 Å². The molecular weight excluding hydrogens is 208 g/mol. The highest BCUT2D eigenvalue weighted by atomic mass is 14.9. The van der Waals surface area contributed by atoms with E-state index in [9.17, 15) is 0 Å². The molecule has 2 nitrogen and oxygen atoms in total. The molecule has 1 aliphatic rings. The third-order valence-electron chi connectivity index (χ3n) is 4.92. The van der Waals surface area contributed by atoms with Crippen LogP contribution in [0.3, 0.4) is 0 Å². The zero-order chi connectivity index (χ0) is 13.2. The van der Waals surface area contributed by atoms with Gasteiger partial charge in [0.15, 0.2) is 0 Å². The Kier molecular flexibility index (Phi) is 4.65. The van der Waals surface area contributed by atoms with Crippen molar-refractivity contribution < 1.29 is 0 Å². The standard InChI is InChI=1S/C15H32N2/c1-13(2,14(3,4)16)11-17-12-15(5)9-7-6-8-10-15/h17H,6-12,16H2,1-5H3. The maximum Gasteiger partial charge on any atom is 0.0161 e. The zero-order valence-electron chi connectivity index (χ0n) is 12.5. The van der Waals surface area contributed by atoms with Crippen LogP contribution in [0.5, 0.6) is 0 Å². The summed E-state index contributed by atoms with van der Waals surface area (Å²) in [4.78, 5) is 0. The summed E-state index contributed by atoms with van der Waals surface area (Å²) in [6.45, 7) is 13.3. The summed E-state index contributed by atoms with van der Waals surface area (Å²) in [6.07, 6.45) is 7.00. The summed E-state index contributed by atoms with van der Waals surface area (Å²) in [6, 6.07) is 0. The maximum atomic E-state index is 6.23. The van der Waals surface area contributed by atoms with Gasteiger partial charge in [0.2, 0.25) is 0 Å². The summed E-state index contributed by atoms with van der Waals surface area (Å²) in [7, 11) is 0. The van der Waals surface area contributed by atoms with Crippen LogP contribution in [-0.4, -0.2) is 18.6 Å². The molecule has 17 heavy (non-hydrogen) atoms. The van der Waals surface area contributed by atoms with Crippen molar-refractivity contribution in [3.05, 3.63) is 0 Å². The van der Waals surface area contributed by atoms with Gasteiger partial charge in [-0.15, -0.1) is 0 Å². The van der Waals surface area contributed by atoms with E-state index in [0.29, 0.717) is 5.41 Å². The largest absolute Gasteiger partial charge is 0.325 e. The summed E-state index contributed by atoms with van der Waals surface area (Å²) in [5.74, 6) is 0. The second-order valence-corrected chi connectivity index (χ2v) is 7.58. The molecule has 0 aromatic heterocycles. The molecule has 3 N–H and O–H groups in total. The van der Waals surface area contributed by atoms with E-state index >= 15 is 0 Å². The van der Waals surface area contributed by atoms with Crippen molar-refractivity contribution in [3.63, 3.8) is 0 Å². The highest BCUT2D eigenvalue weighted by Gasteiger charge is 2.34. The van der Waals surface area contributed by atoms with Crippen LogP contribution in [0.15, 0.2) is 0 Å². The first-order chi connectivity index (χ1) is 7.66. The molecule has 1 fully saturated rings. The minimum Gasteiger partial charge on any atom is -0.325 e. The second-order valence-electron chi connectivity index (χ2n) is 7.58. The van der Waals surface area contributed by atoms with Crippen molar-refractivity contribution in [2.24, 2.45) is 16.6 Å². The highest BCUT2D eigenvalue weighted by molar-refractivity contribution is 4.92. The highest BCUT2D eigenvalue weighted by Crippen LogP contribution is 2.35. The van der Waals surface area contributed by atoms with Gasteiger partial charge in [0.05, 0.1) is 0 Å². The van der Waals surface area contributed by atoms with Gasteiger partial charge in [-0.2, -0.15) is 0 Å². The number of hydrogen-bond donors (Lipinski definition) is 2. The van der Waals surface area contributed by atoms with Crippen LogP contribution in [0, 0.1) is 10.8 Å². The van der Waals surface area contributed by atoms with E-state index in [1.807, 2.05) is 0 Å². The van der Waals surface area contributed by atoms with Gasteiger partial charge in [-0.05, 0) is 37.5 Å². The van der Waals surface area contributed by atoms with Crippen molar-refractivity contribution >= 4 is 0 Å². The van der Waals surface area contributed by atoms with Gasteiger partial charge in [-0.25, -0.2) is 0 Å². The van der Waals surface area contributed by atoms with Crippen molar-refractivity contribution in [1.82, 2.24) is 5.32 Å². The lowest BCUT2D eigenvalue weighted by Crippen LogP contribution is -2.53. The SMILES string of the molecule is CC1(CNCC(C)(C)C(C)(C)N)CCCCC1. The Morgan fingerprint density at radius 1 is 1.06 bits per heavy atom. The first kappa shape index (κ1) is 15.0. The fourth-order valence-corrected chi connectivity index (χ4v) is 2.49. The number of nitrogens with two attached hydrogens (primary N) is 1. The first-order valence-corrected chi connectivity index (χ1v) is 7.16. The first-order valence-electron chi connectivity index (χ1n) is 7.16. The average Bonchev–Trinajstić information content (AvgIpc) is 2.16. The van der Waals surface area contributed by atoms with Crippen molar-refractivity contribution in [2.45, 2.75) is 72.3 Å².